The normalized spacial score (nSPS) is 16.9. The van der Waals surface area contributed by atoms with Crippen molar-refractivity contribution in [3.8, 4) is 17.2 Å². The highest BCUT2D eigenvalue weighted by Gasteiger charge is 2.61. The van der Waals surface area contributed by atoms with Crippen LogP contribution in [0.2, 0.25) is 0 Å². The Labute approximate surface area is 161 Å². The minimum atomic E-state index is -2.13. The predicted octanol–water partition coefficient (Wildman–Crippen LogP) is 2.48. The Balaban J connectivity index is 2.11. The van der Waals surface area contributed by atoms with Crippen molar-refractivity contribution >= 4 is 17.5 Å². The molecule has 0 fully saturated rings. The van der Waals surface area contributed by atoms with Crippen molar-refractivity contribution in [3.63, 3.8) is 0 Å². The van der Waals surface area contributed by atoms with Gasteiger partial charge in [0.25, 0.3) is 5.60 Å². The van der Waals surface area contributed by atoms with Crippen molar-refractivity contribution in [2.45, 2.75) is 18.4 Å². The molecule has 0 aromatic heterocycles. The van der Waals surface area contributed by atoms with Crippen molar-refractivity contribution in [2.24, 2.45) is 0 Å². The molecule has 0 N–H and O–H groups in total. The van der Waals surface area contributed by atoms with E-state index in [9.17, 15) is 14.4 Å². The second-order valence-electron chi connectivity index (χ2n) is 6.54. The molecule has 7 heteroatoms. The van der Waals surface area contributed by atoms with Crippen molar-refractivity contribution in [1.29, 1.82) is 0 Å². The SMILES string of the molecule is COc1cc2c(c(OC)c1OC)C1(OC(=O)CC2)C(=O)c2ccccc2C1=O. The van der Waals surface area contributed by atoms with Gasteiger partial charge in [0.05, 0.1) is 26.9 Å². The van der Waals surface area contributed by atoms with Gasteiger partial charge in [-0.2, -0.15) is 0 Å². The smallest absolute Gasteiger partial charge is 0.307 e. The molecule has 0 unspecified atom stereocenters. The quantitative estimate of drug-likeness (QED) is 0.595. The molecule has 2 aromatic carbocycles. The van der Waals surface area contributed by atoms with Crippen LogP contribution < -0.4 is 14.2 Å². The summed E-state index contributed by atoms with van der Waals surface area (Å²) in [5.74, 6) is -1.08. The second-order valence-corrected chi connectivity index (χ2v) is 6.54. The average molecular weight is 382 g/mol. The molecule has 28 heavy (non-hydrogen) atoms. The summed E-state index contributed by atoms with van der Waals surface area (Å²) in [6, 6.07) is 8.08. The zero-order chi connectivity index (χ0) is 20.1. The first-order valence-electron chi connectivity index (χ1n) is 8.72. The van der Waals surface area contributed by atoms with E-state index >= 15 is 0 Å². The number of Topliss-reactive ketones (excluding diaryl/α,β-unsaturated/α-hetero) is 2. The number of carbonyl (C=O) groups is 3. The lowest BCUT2D eigenvalue weighted by Gasteiger charge is -2.29. The monoisotopic (exact) mass is 382 g/mol. The van der Waals surface area contributed by atoms with E-state index < -0.39 is 23.1 Å². The largest absolute Gasteiger partial charge is 0.493 e. The van der Waals surface area contributed by atoms with E-state index in [2.05, 4.69) is 0 Å². The first-order valence-corrected chi connectivity index (χ1v) is 8.72. The van der Waals surface area contributed by atoms with Crippen LogP contribution in [0.15, 0.2) is 30.3 Å². The third-order valence-corrected chi connectivity index (χ3v) is 5.18. The average Bonchev–Trinajstić information content (AvgIpc) is 2.83. The lowest BCUT2D eigenvalue weighted by atomic mass is 9.83. The van der Waals surface area contributed by atoms with Crippen molar-refractivity contribution in [2.75, 3.05) is 21.3 Å². The molecule has 1 heterocycles. The molecular formula is C21H18O7. The van der Waals surface area contributed by atoms with Gasteiger partial charge in [0.2, 0.25) is 17.3 Å². The zero-order valence-corrected chi connectivity index (χ0v) is 15.7. The highest BCUT2D eigenvalue weighted by Crippen LogP contribution is 2.52. The van der Waals surface area contributed by atoms with Gasteiger partial charge in [0.1, 0.15) is 0 Å². The Morgan fingerprint density at radius 1 is 0.857 bits per heavy atom. The van der Waals surface area contributed by atoms with Gasteiger partial charge in [-0.3, -0.25) is 14.4 Å². The van der Waals surface area contributed by atoms with Gasteiger partial charge in [-0.1, -0.05) is 24.3 Å². The van der Waals surface area contributed by atoms with Crippen LogP contribution in [0.1, 0.15) is 38.3 Å². The Bertz CT molecular complexity index is 987. The van der Waals surface area contributed by atoms with Crippen LogP contribution in [-0.4, -0.2) is 38.9 Å². The molecule has 2 aromatic rings. The van der Waals surface area contributed by atoms with E-state index in [4.69, 9.17) is 18.9 Å². The standard InChI is InChI=1S/C21H18O7/c1-25-14-10-11-8-9-15(22)28-21(16(11)18(27-3)17(14)26-2)19(23)12-6-4-5-7-13(12)20(21)24/h4-7,10H,8-9H2,1-3H3. The summed E-state index contributed by atoms with van der Waals surface area (Å²) in [5, 5.41) is 0. The summed E-state index contributed by atoms with van der Waals surface area (Å²) in [7, 11) is 4.30. The first-order chi connectivity index (χ1) is 13.5. The van der Waals surface area contributed by atoms with Gasteiger partial charge in [0.15, 0.2) is 11.5 Å². The van der Waals surface area contributed by atoms with Crippen LogP contribution in [0.3, 0.4) is 0 Å². The predicted molar refractivity (Wildman–Crippen MR) is 97.3 cm³/mol. The third kappa shape index (κ3) is 2.19. The van der Waals surface area contributed by atoms with E-state index in [0.717, 1.165) is 0 Å². The van der Waals surface area contributed by atoms with Crippen LogP contribution >= 0.6 is 0 Å². The van der Waals surface area contributed by atoms with Crippen molar-refractivity contribution in [1.82, 2.24) is 0 Å². The van der Waals surface area contributed by atoms with Gasteiger partial charge < -0.3 is 18.9 Å². The second kappa shape index (κ2) is 6.37. The highest BCUT2D eigenvalue weighted by atomic mass is 16.6. The van der Waals surface area contributed by atoms with Crippen LogP contribution in [0.5, 0.6) is 17.2 Å². The van der Waals surface area contributed by atoms with Gasteiger partial charge in [-0.25, -0.2) is 0 Å². The number of hydrogen-bond donors (Lipinski definition) is 0. The molecule has 2 aliphatic rings. The van der Waals surface area contributed by atoms with Gasteiger partial charge in [0, 0.05) is 17.5 Å². The number of carbonyl (C=O) groups excluding carboxylic acids is 3. The molecule has 144 valence electrons. The van der Waals surface area contributed by atoms with E-state index in [1.165, 1.54) is 21.3 Å². The summed E-state index contributed by atoms with van der Waals surface area (Å²) >= 11 is 0. The molecule has 0 saturated carbocycles. The number of fused-ring (bicyclic) bond motifs is 3. The van der Waals surface area contributed by atoms with Gasteiger partial charge >= 0.3 is 5.97 Å². The molecule has 0 atom stereocenters. The third-order valence-electron chi connectivity index (χ3n) is 5.18. The zero-order valence-electron chi connectivity index (χ0n) is 15.7. The summed E-state index contributed by atoms with van der Waals surface area (Å²) in [6.07, 6.45) is 0.286. The topological polar surface area (TPSA) is 88.1 Å². The lowest BCUT2D eigenvalue weighted by molar-refractivity contribution is -0.151. The molecular weight excluding hydrogens is 364 g/mol. The molecule has 1 aliphatic carbocycles. The number of hydrogen-bond acceptors (Lipinski definition) is 7. The fourth-order valence-electron chi connectivity index (χ4n) is 3.98. The van der Waals surface area contributed by atoms with Crippen LogP contribution in [-0.2, 0) is 21.6 Å². The summed E-state index contributed by atoms with van der Waals surface area (Å²) < 4.78 is 22.0. The number of ether oxygens (including phenoxy) is 4. The maximum Gasteiger partial charge on any atom is 0.307 e. The number of esters is 1. The van der Waals surface area contributed by atoms with Crippen LogP contribution in [0.25, 0.3) is 0 Å². The fourth-order valence-corrected chi connectivity index (χ4v) is 3.98. The van der Waals surface area contributed by atoms with E-state index in [0.29, 0.717) is 11.3 Å². The molecule has 0 bridgehead atoms. The summed E-state index contributed by atoms with van der Waals surface area (Å²) in [4.78, 5) is 39.3. The first kappa shape index (κ1) is 18.0. The maximum atomic E-state index is 13.4. The molecule has 7 nitrogen and oxygen atoms in total. The Morgan fingerprint density at radius 2 is 1.46 bits per heavy atom. The number of ketones is 2. The maximum absolute atomic E-state index is 13.4. The number of benzene rings is 2. The molecule has 1 aliphatic heterocycles. The summed E-state index contributed by atoms with van der Waals surface area (Å²) in [5.41, 5.74) is -0.938. The minimum absolute atomic E-state index is 0.0181. The van der Waals surface area contributed by atoms with E-state index in [1.54, 1.807) is 30.3 Å². The van der Waals surface area contributed by atoms with Crippen molar-refractivity contribution < 1.29 is 33.3 Å². The molecule has 0 radical (unpaired) electrons. The Morgan fingerprint density at radius 3 is 2.00 bits per heavy atom. The highest BCUT2D eigenvalue weighted by molar-refractivity contribution is 6.33. The molecule has 4 rings (SSSR count). The molecule has 0 saturated heterocycles. The number of methoxy groups -OCH3 is 3. The van der Waals surface area contributed by atoms with E-state index in [-0.39, 0.29) is 41.0 Å². The van der Waals surface area contributed by atoms with Crippen LogP contribution in [0, 0.1) is 0 Å². The van der Waals surface area contributed by atoms with Gasteiger partial charge in [-0.15, -0.1) is 0 Å². The lowest BCUT2D eigenvalue weighted by Crippen LogP contribution is -2.43. The Hall–Kier alpha value is -3.35. The summed E-state index contributed by atoms with van der Waals surface area (Å²) in [6.45, 7) is 0. The molecule has 1 spiro atoms. The number of rotatable bonds is 3. The van der Waals surface area contributed by atoms with Crippen molar-refractivity contribution in [3.05, 3.63) is 52.6 Å². The Kier molecular flexibility index (Phi) is 4.10. The van der Waals surface area contributed by atoms with Gasteiger partial charge in [-0.05, 0) is 18.1 Å². The fraction of sp³-hybridized carbons (Fsp3) is 0.286. The van der Waals surface area contributed by atoms with E-state index in [1.807, 2.05) is 0 Å². The molecule has 0 amide bonds. The minimum Gasteiger partial charge on any atom is -0.493 e. The van der Waals surface area contributed by atoms with Crippen LogP contribution in [0.4, 0.5) is 0 Å². The number of aryl methyl sites for hydroxylation is 1.